The molecular weight excluding hydrogens is 1320 g/mol. The molecule has 1 aromatic rings. The number of carboxylic acids is 1. The first-order valence-corrected chi connectivity index (χ1v) is 34.6. The molecule has 5 heterocycles. The molecule has 0 spiro atoms. The summed E-state index contributed by atoms with van der Waals surface area (Å²) in [7, 11) is 1.50. The predicted molar refractivity (Wildman–Crippen MR) is 337 cm³/mol. The molecular formula is C69H102O31. The molecule has 4 saturated carbocycles. The number of esters is 2. The smallest absolute Gasteiger partial charge is 0.331 e. The number of carbonyl (C=O) groups excluding carboxylic acids is 2. The Morgan fingerprint density at radius 1 is 0.580 bits per heavy atom. The average molecular weight is 1430 g/mol. The van der Waals surface area contributed by atoms with E-state index in [-0.39, 0.29) is 50.0 Å². The summed E-state index contributed by atoms with van der Waals surface area (Å²) in [5.74, 6) is -4.07. The zero-order valence-electron chi connectivity index (χ0n) is 57.3. The first-order valence-electron chi connectivity index (χ1n) is 34.6. The molecule has 16 N–H and O–H groups in total. The quantitative estimate of drug-likeness (QED) is 0.0320. The zero-order valence-corrected chi connectivity index (χ0v) is 57.3. The Hall–Kier alpha value is -4.05. The van der Waals surface area contributed by atoms with Gasteiger partial charge in [0.05, 0.1) is 62.7 Å². The van der Waals surface area contributed by atoms with Crippen LogP contribution in [0.5, 0.6) is 5.75 Å². The van der Waals surface area contributed by atoms with Crippen molar-refractivity contribution < 1.29 is 153 Å². The van der Waals surface area contributed by atoms with Crippen molar-refractivity contribution in [3.63, 3.8) is 0 Å². The fourth-order valence-corrected chi connectivity index (χ4v) is 19.0. The summed E-state index contributed by atoms with van der Waals surface area (Å²) >= 11 is 0. The van der Waals surface area contributed by atoms with Crippen LogP contribution in [0.1, 0.15) is 112 Å². The number of aliphatic hydroxyl groups excluding tert-OH is 15. The van der Waals surface area contributed by atoms with Crippen LogP contribution in [-0.4, -0.2) is 293 Å². The Balaban J connectivity index is 0.845. The topological polar surface area (TPSA) is 486 Å². The van der Waals surface area contributed by atoms with Crippen LogP contribution in [0.4, 0.5) is 0 Å². The van der Waals surface area contributed by atoms with E-state index < -0.39 is 236 Å². The number of benzene rings is 1. The third-order valence-electron chi connectivity index (χ3n) is 24.9. The van der Waals surface area contributed by atoms with Crippen molar-refractivity contribution in [1.82, 2.24) is 0 Å². The second-order valence-corrected chi connectivity index (χ2v) is 31.0. The van der Waals surface area contributed by atoms with Crippen LogP contribution in [-0.2, 0) is 66.5 Å². The van der Waals surface area contributed by atoms with Gasteiger partial charge in [-0.25, -0.2) is 4.79 Å². The lowest BCUT2D eigenvalue weighted by molar-refractivity contribution is -0.378. The minimum Gasteiger partial charge on any atom is -0.497 e. The SMILES string of the molecule is COc1ccc(/C=C/C(=O)O[C@@H]2[C@H](O)[C@@H](O[C@@H]3O[C@@H](C)[C@H](O[C@@H]4OC[C@@H](O[C@@H]5O[C@H](CO)[C@H](O)[C@H](O)[C@H]5O)[C@H](O)[C@H]4O)[C@@H](O)[C@H]3O)[C@H](OC(=O)[C@]34CCC(C)(C)C[C@H]3C3=CC[C@@H]5[C@@]6(C)C[C@H](O)[C@H](O[C@@H]7O[C@H](CO)[C@@H](O)[C@H](O)[C@H]7O)[C@@](C)(C(=O)O)C6CC[C@@]5(C)[C@]3(CO)CC4)O[C@@H]2C)cc1. The summed E-state index contributed by atoms with van der Waals surface area (Å²) in [6.45, 7) is 10.1. The van der Waals surface area contributed by atoms with Crippen molar-refractivity contribution in [3.05, 3.63) is 47.6 Å². The van der Waals surface area contributed by atoms with Gasteiger partial charge in [-0.05, 0) is 136 Å². The molecule has 0 amide bonds. The number of carbonyl (C=O) groups is 3. The Bertz CT molecular complexity index is 3100. The molecule has 5 saturated heterocycles. The Morgan fingerprint density at radius 2 is 1.15 bits per heavy atom. The summed E-state index contributed by atoms with van der Waals surface area (Å²) in [5.41, 5.74) is -4.89. The molecule has 11 rings (SSSR count). The Kier molecular flexibility index (Phi) is 22.6. The lowest BCUT2D eigenvalue weighted by atomic mass is 9.33. The minimum absolute atomic E-state index is 0.00740. The minimum atomic E-state index is -2.07. The maximum Gasteiger partial charge on any atom is 0.331 e. The van der Waals surface area contributed by atoms with Crippen LogP contribution in [0, 0.1) is 50.2 Å². The van der Waals surface area contributed by atoms with Gasteiger partial charge in [0.25, 0.3) is 0 Å². The van der Waals surface area contributed by atoms with Crippen LogP contribution < -0.4 is 4.74 Å². The van der Waals surface area contributed by atoms with E-state index in [1.165, 1.54) is 34.0 Å². The van der Waals surface area contributed by atoms with E-state index in [1.54, 1.807) is 24.3 Å². The Labute approximate surface area is 578 Å². The van der Waals surface area contributed by atoms with Gasteiger partial charge in [0.15, 0.2) is 37.4 Å². The number of hydrogen-bond acceptors (Lipinski definition) is 30. The van der Waals surface area contributed by atoms with Crippen molar-refractivity contribution >= 4 is 24.0 Å². The van der Waals surface area contributed by atoms with Gasteiger partial charge >= 0.3 is 17.9 Å². The first-order chi connectivity index (χ1) is 47.1. The van der Waals surface area contributed by atoms with Crippen molar-refractivity contribution in [3.8, 4) is 5.75 Å². The van der Waals surface area contributed by atoms with Crippen LogP contribution >= 0.6 is 0 Å². The van der Waals surface area contributed by atoms with Gasteiger partial charge in [0, 0.05) is 11.5 Å². The molecule has 31 nitrogen and oxygen atoms in total. The van der Waals surface area contributed by atoms with E-state index in [4.69, 9.17) is 56.8 Å². The van der Waals surface area contributed by atoms with Crippen LogP contribution in [0.2, 0.25) is 0 Å². The monoisotopic (exact) mass is 1430 g/mol. The predicted octanol–water partition coefficient (Wildman–Crippen LogP) is -2.24. The maximum atomic E-state index is 15.9. The summed E-state index contributed by atoms with van der Waals surface area (Å²) in [6, 6.07) is 6.74. The van der Waals surface area contributed by atoms with Gasteiger partial charge in [-0.1, -0.05) is 51.5 Å². The van der Waals surface area contributed by atoms with E-state index >= 15 is 4.79 Å². The molecule has 564 valence electrons. The van der Waals surface area contributed by atoms with Gasteiger partial charge < -0.3 is 139 Å². The number of ether oxygens (including phenoxy) is 12. The lowest BCUT2D eigenvalue weighted by Crippen LogP contribution is -2.71. The van der Waals surface area contributed by atoms with E-state index in [0.29, 0.717) is 37.0 Å². The summed E-state index contributed by atoms with van der Waals surface area (Å²) < 4.78 is 71.1. The third-order valence-corrected chi connectivity index (χ3v) is 24.9. The fourth-order valence-electron chi connectivity index (χ4n) is 19.0. The largest absolute Gasteiger partial charge is 0.497 e. The maximum absolute atomic E-state index is 15.9. The highest BCUT2D eigenvalue weighted by atomic mass is 16.8. The highest BCUT2D eigenvalue weighted by Crippen LogP contribution is 2.76. The molecule has 1 aromatic carbocycles. The summed E-state index contributed by atoms with van der Waals surface area (Å²) in [6.07, 6.45) is -36.7. The third kappa shape index (κ3) is 13.3. The zero-order chi connectivity index (χ0) is 72.8. The number of fused-ring (bicyclic) bond motifs is 7. The van der Waals surface area contributed by atoms with Crippen molar-refractivity contribution in [1.29, 1.82) is 0 Å². The number of carboxylic acid groups (broad SMARTS) is 1. The van der Waals surface area contributed by atoms with Crippen LogP contribution in [0.3, 0.4) is 0 Å². The molecule has 5 aliphatic carbocycles. The van der Waals surface area contributed by atoms with Crippen LogP contribution in [0.25, 0.3) is 6.08 Å². The average Bonchev–Trinajstić information content (AvgIpc) is 0.669. The number of allylic oxidation sites excluding steroid dienone is 1. The van der Waals surface area contributed by atoms with Gasteiger partial charge in [-0.2, -0.15) is 0 Å². The molecule has 9 fully saturated rings. The van der Waals surface area contributed by atoms with E-state index in [0.717, 1.165) is 11.6 Å². The lowest BCUT2D eigenvalue weighted by Gasteiger charge is -2.71. The van der Waals surface area contributed by atoms with E-state index in [9.17, 15) is 91.3 Å². The number of hydrogen-bond donors (Lipinski definition) is 16. The second-order valence-electron chi connectivity index (χ2n) is 31.0. The van der Waals surface area contributed by atoms with Gasteiger partial charge in [0.1, 0.15) is 103 Å². The normalized spacial score (nSPS) is 49.4. The molecule has 5 aliphatic heterocycles. The fraction of sp³-hybridized carbons (Fsp3) is 0.812. The molecule has 100 heavy (non-hydrogen) atoms. The highest BCUT2D eigenvalue weighted by molar-refractivity contribution is 5.87. The molecule has 0 aromatic heterocycles. The molecule has 10 aliphatic rings. The summed E-state index contributed by atoms with van der Waals surface area (Å²) in [4.78, 5) is 43.5. The number of rotatable bonds is 18. The van der Waals surface area contributed by atoms with Gasteiger partial charge in [0.2, 0.25) is 6.29 Å². The highest BCUT2D eigenvalue weighted by Gasteiger charge is 2.74. The number of methoxy groups -OCH3 is 1. The molecule has 31 heteroatoms. The molecule has 34 atom stereocenters. The van der Waals surface area contributed by atoms with E-state index in [2.05, 4.69) is 26.8 Å². The van der Waals surface area contributed by atoms with Crippen LogP contribution in [0.15, 0.2) is 42.0 Å². The number of aliphatic carboxylic acids is 1. The first kappa shape index (κ1) is 77.1. The molecule has 1 unspecified atom stereocenters. The molecule has 0 radical (unpaired) electrons. The molecule has 0 bridgehead atoms. The summed E-state index contributed by atoms with van der Waals surface area (Å²) in [5, 5.41) is 177. The standard InChI is InChI=1S/C69H102O31/c1-29-53(97-57-48(81)44(77)38(27-90-57)95-59-49(82)45(78)42(75)36(25-70)93-59)47(80)51(84)58(91-29)98-55-52(85)54(96-41(74)16-11-31-9-12-32(89-8)13-10-31)30(2)92-61(55)100-63(88)68-20-19-64(3,4)23-34(68)33-14-15-39-65(5)24-35(73)56(99-60-50(83)46(79)43(76)37(26-71)94-60)67(7,62(86)87)40(65)17-18-66(39,6)69(33,28-72)22-21-68/h9-14,16,29-30,34-40,42-61,70-73,75-85H,15,17-28H2,1-8H3,(H,86,87)/b16-11+/t29-,30+,34-,35-,36+,37+,38+,39+,40?,42-,43+,44-,45-,46-,47-,48+,49+,50+,51+,52-,53-,54-,55+,56-,57-,58-,59-,60-,61-,65+,66+,67-,68-,69-/m0/s1. The Morgan fingerprint density at radius 3 is 1.76 bits per heavy atom. The van der Waals surface area contributed by atoms with Crippen molar-refractivity contribution in [2.24, 2.45) is 50.2 Å². The van der Waals surface area contributed by atoms with Crippen molar-refractivity contribution in [2.75, 3.05) is 33.5 Å². The van der Waals surface area contributed by atoms with Gasteiger partial charge in [-0.15, -0.1) is 0 Å². The van der Waals surface area contributed by atoms with E-state index in [1.807, 2.05) is 6.92 Å². The number of aliphatic hydroxyl groups is 15. The van der Waals surface area contributed by atoms with Crippen molar-refractivity contribution in [2.45, 2.75) is 266 Å². The van der Waals surface area contributed by atoms with Gasteiger partial charge in [-0.3, -0.25) is 9.59 Å². The second kappa shape index (κ2) is 29.4.